The Morgan fingerprint density at radius 2 is 1.92 bits per heavy atom. The molecular formula is C19H19FN4O. The molecule has 2 aliphatic heterocycles. The fourth-order valence-corrected chi connectivity index (χ4v) is 4.41. The van der Waals surface area contributed by atoms with Gasteiger partial charge in [0.1, 0.15) is 11.6 Å². The van der Waals surface area contributed by atoms with E-state index < -0.39 is 0 Å². The van der Waals surface area contributed by atoms with E-state index in [1.807, 2.05) is 0 Å². The minimum absolute atomic E-state index is 0.243. The van der Waals surface area contributed by atoms with Crippen LogP contribution in [-0.4, -0.2) is 28.1 Å². The maximum Gasteiger partial charge on any atom is 0.258 e. The highest BCUT2D eigenvalue weighted by atomic mass is 19.1. The van der Waals surface area contributed by atoms with E-state index in [-0.39, 0.29) is 11.4 Å². The fraction of sp³-hybridized carbons (Fsp3) is 0.368. The second-order valence-electron chi connectivity index (χ2n) is 7.17. The van der Waals surface area contributed by atoms with Gasteiger partial charge in [0.15, 0.2) is 0 Å². The molecule has 3 aromatic rings. The number of nitrogens with zero attached hydrogens (tertiary/aromatic N) is 1. The van der Waals surface area contributed by atoms with Gasteiger partial charge in [0.25, 0.3) is 5.56 Å². The molecule has 2 aromatic heterocycles. The van der Waals surface area contributed by atoms with E-state index in [1.165, 1.54) is 25.0 Å². The number of benzene rings is 1. The Morgan fingerprint density at radius 1 is 1.12 bits per heavy atom. The average molecular weight is 338 g/mol. The summed E-state index contributed by atoms with van der Waals surface area (Å²) in [6.07, 6.45) is 6.17. The zero-order valence-corrected chi connectivity index (χ0v) is 13.7. The van der Waals surface area contributed by atoms with Crippen molar-refractivity contribution in [3.63, 3.8) is 0 Å². The van der Waals surface area contributed by atoms with Gasteiger partial charge in [-0.3, -0.25) is 4.79 Å². The summed E-state index contributed by atoms with van der Waals surface area (Å²) in [6.45, 7) is 0. The highest BCUT2D eigenvalue weighted by Crippen LogP contribution is 2.32. The molecule has 2 atom stereocenters. The number of fused-ring (bicyclic) bond motifs is 5. The number of aromatic amines is 1. The van der Waals surface area contributed by atoms with E-state index in [1.54, 1.807) is 18.3 Å². The van der Waals surface area contributed by atoms with Gasteiger partial charge in [0.2, 0.25) is 0 Å². The second-order valence-corrected chi connectivity index (χ2v) is 7.17. The SMILES string of the molecule is O=c1[nH]ccc2nc(NC3CC4CCC(C3)N4)c3ccc(F)cc3c12. The number of rotatable bonds is 2. The molecule has 0 radical (unpaired) electrons. The number of halogens is 1. The molecule has 4 heterocycles. The van der Waals surface area contributed by atoms with Crippen LogP contribution in [0, 0.1) is 5.82 Å². The number of aromatic nitrogens is 2. The lowest BCUT2D eigenvalue weighted by atomic mass is 9.99. The van der Waals surface area contributed by atoms with Crippen LogP contribution in [0.25, 0.3) is 21.7 Å². The summed E-state index contributed by atoms with van der Waals surface area (Å²) in [6, 6.07) is 7.81. The number of anilines is 1. The third-order valence-electron chi connectivity index (χ3n) is 5.49. The smallest absolute Gasteiger partial charge is 0.258 e. The van der Waals surface area contributed by atoms with E-state index in [9.17, 15) is 9.18 Å². The van der Waals surface area contributed by atoms with Gasteiger partial charge in [-0.25, -0.2) is 9.37 Å². The number of hydrogen-bond acceptors (Lipinski definition) is 4. The van der Waals surface area contributed by atoms with Crippen LogP contribution in [0.4, 0.5) is 10.2 Å². The van der Waals surface area contributed by atoms with Gasteiger partial charge in [-0.1, -0.05) is 0 Å². The molecule has 0 aliphatic carbocycles. The monoisotopic (exact) mass is 338 g/mol. The van der Waals surface area contributed by atoms with Crippen LogP contribution < -0.4 is 16.2 Å². The summed E-state index contributed by atoms with van der Waals surface area (Å²) in [4.78, 5) is 19.6. The molecule has 2 bridgehead atoms. The van der Waals surface area contributed by atoms with E-state index in [4.69, 9.17) is 0 Å². The first kappa shape index (κ1) is 14.8. The van der Waals surface area contributed by atoms with Crippen LogP contribution in [0.3, 0.4) is 0 Å². The van der Waals surface area contributed by atoms with Gasteiger partial charge in [0.05, 0.1) is 10.9 Å². The van der Waals surface area contributed by atoms with Crippen LogP contribution in [0.5, 0.6) is 0 Å². The second kappa shape index (κ2) is 5.52. The standard InChI is InChI=1S/C19H19FN4O/c20-10-1-4-14-15(7-10)17-16(5-6-21-19(17)25)24-18(14)23-13-8-11-2-3-12(9-13)22-11/h1,4-7,11-13,22H,2-3,8-9H2,(H,21,25)(H,23,24). The predicted molar refractivity (Wildman–Crippen MR) is 96.4 cm³/mol. The van der Waals surface area contributed by atoms with Crippen LogP contribution in [-0.2, 0) is 0 Å². The van der Waals surface area contributed by atoms with Gasteiger partial charge in [0, 0.05) is 35.1 Å². The molecule has 5 rings (SSSR count). The first-order valence-corrected chi connectivity index (χ1v) is 8.80. The van der Waals surface area contributed by atoms with Crippen molar-refractivity contribution in [1.29, 1.82) is 0 Å². The van der Waals surface area contributed by atoms with E-state index in [2.05, 4.69) is 20.6 Å². The maximum absolute atomic E-state index is 13.8. The summed E-state index contributed by atoms with van der Waals surface area (Å²) in [7, 11) is 0. The highest BCUT2D eigenvalue weighted by Gasteiger charge is 2.33. The third kappa shape index (κ3) is 2.48. The Labute approximate surface area is 143 Å². The molecule has 0 saturated carbocycles. The number of H-pyrrole nitrogens is 1. The van der Waals surface area contributed by atoms with E-state index in [0.717, 1.165) is 24.0 Å². The van der Waals surface area contributed by atoms with Crippen LogP contribution in [0.15, 0.2) is 35.3 Å². The van der Waals surface area contributed by atoms with Crippen LogP contribution in [0.1, 0.15) is 25.7 Å². The van der Waals surface area contributed by atoms with Crippen LogP contribution >= 0.6 is 0 Å². The molecule has 5 nitrogen and oxygen atoms in total. The molecule has 1 aromatic carbocycles. The molecule has 3 N–H and O–H groups in total. The maximum atomic E-state index is 13.8. The lowest BCUT2D eigenvalue weighted by molar-refractivity contribution is 0.378. The van der Waals surface area contributed by atoms with Gasteiger partial charge in [-0.2, -0.15) is 0 Å². The predicted octanol–water partition coefficient (Wildman–Crippen LogP) is 2.91. The number of nitrogens with one attached hydrogen (secondary N) is 3. The van der Waals surface area contributed by atoms with Gasteiger partial charge < -0.3 is 15.6 Å². The molecule has 2 fully saturated rings. The molecular weight excluding hydrogens is 319 g/mol. The molecule has 2 unspecified atom stereocenters. The third-order valence-corrected chi connectivity index (χ3v) is 5.49. The van der Waals surface area contributed by atoms with Crippen molar-refractivity contribution in [2.45, 2.75) is 43.8 Å². The lowest BCUT2D eigenvalue weighted by Crippen LogP contribution is -2.43. The van der Waals surface area contributed by atoms with Crippen molar-refractivity contribution in [1.82, 2.24) is 15.3 Å². The van der Waals surface area contributed by atoms with E-state index in [0.29, 0.717) is 34.4 Å². The van der Waals surface area contributed by atoms with Crippen LogP contribution in [0.2, 0.25) is 0 Å². The van der Waals surface area contributed by atoms with Crippen molar-refractivity contribution >= 4 is 27.5 Å². The Bertz CT molecular complexity index is 1020. The highest BCUT2D eigenvalue weighted by molar-refractivity contribution is 6.09. The Morgan fingerprint density at radius 3 is 2.72 bits per heavy atom. The minimum Gasteiger partial charge on any atom is -0.367 e. The lowest BCUT2D eigenvalue weighted by Gasteiger charge is -2.30. The Balaban J connectivity index is 1.65. The zero-order chi connectivity index (χ0) is 17.0. The molecule has 2 saturated heterocycles. The van der Waals surface area contributed by atoms with Crippen molar-refractivity contribution in [3.05, 3.63) is 46.6 Å². The fourth-order valence-electron chi connectivity index (χ4n) is 4.41. The zero-order valence-electron chi connectivity index (χ0n) is 13.7. The molecule has 128 valence electrons. The first-order valence-electron chi connectivity index (χ1n) is 8.80. The average Bonchev–Trinajstić information content (AvgIpc) is 2.93. The van der Waals surface area contributed by atoms with Crippen molar-refractivity contribution in [2.75, 3.05) is 5.32 Å². The minimum atomic E-state index is -0.353. The van der Waals surface area contributed by atoms with Crippen molar-refractivity contribution < 1.29 is 4.39 Å². The molecule has 6 heteroatoms. The summed E-state index contributed by atoms with van der Waals surface area (Å²) < 4.78 is 13.8. The molecule has 0 spiro atoms. The molecule has 0 amide bonds. The summed E-state index contributed by atoms with van der Waals surface area (Å²) in [5.41, 5.74) is 0.341. The quantitative estimate of drug-likeness (QED) is 0.629. The van der Waals surface area contributed by atoms with Gasteiger partial charge in [-0.05, 0) is 49.9 Å². The van der Waals surface area contributed by atoms with Crippen molar-refractivity contribution in [2.24, 2.45) is 0 Å². The number of hydrogen-bond donors (Lipinski definition) is 3. The van der Waals surface area contributed by atoms with E-state index >= 15 is 0 Å². The summed E-state index contributed by atoms with van der Waals surface area (Å²) in [5.74, 6) is 0.383. The Kier molecular flexibility index (Phi) is 3.28. The first-order chi connectivity index (χ1) is 12.2. The normalized spacial score (nSPS) is 25.6. The Hall–Kier alpha value is -2.47. The molecule has 25 heavy (non-hydrogen) atoms. The summed E-state index contributed by atoms with van der Waals surface area (Å²) >= 11 is 0. The van der Waals surface area contributed by atoms with Gasteiger partial charge in [-0.15, -0.1) is 0 Å². The molecule has 2 aliphatic rings. The van der Waals surface area contributed by atoms with Gasteiger partial charge >= 0.3 is 0 Å². The number of piperidine rings is 1. The largest absolute Gasteiger partial charge is 0.367 e. The number of pyridine rings is 2. The topological polar surface area (TPSA) is 69.8 Å². The van der Waals surface area contributed by atoms with Crippen molar-refractivity contribution in [3.8, 4) is 0 Å². The summed E-state index contributed by atoms with van der Waals surface area (Å²) in [5, 5.41) is 9.03.